The molecule has 0 radical (unpaired) electrons. The monoisotopic (exact) mass is 297 g/mol. The van der Waals surface area contributed by atoms with Crippen molar-refractivity contribution in [3.63, 3.8) is 0 Å². The van der Waals surface area contributed by atoms with Gasteiger partial charge in [-0.15, -0.1) is 0 Å². The van der Waals surface area contributed by atoms with Crippen LogP contribution in [0, 0.1) is 0 Å². The molecule has 22 heavy (non-hydrogen) atoms. The van der Waals surface area contributed by atoms with Gasteiger partial charge in [0.15, 0.2) is 6.29 Å². The first kappa shape index (κ1) is 15.8. The molecule has 0 aliphatic rings. The van der Waals surface area contributed by atoms with E-state index in [0.29, 0.717) is 24.9 Å². The van der Waals surface area contributed by atoms with Crippen molar-refractivity contribution in [3.05, 3.63) is 53.6 Å². The Morgan fingerprint density at radius 3 is 2.18 bits per heavy atom. The largest absolute Gasteiger partial charge is 0.507 e. The number of nitrogens with zero attached hydrogens (tertiary/aromatic N) is 1. The fourth-order valence-corrected chi connectivity index (χ4v) is 2.33. The zero-order chi connectivity index (χ0) is 16.1. The predicted octanol–water partition coefficient (Wildman–Crippen LogP) is 3.35. The van der Waals surface area contributed by atoms with Crippen LogP contribution < -0.4 is 0 Å². The molecule has 0 spiro atoms. The minimum Gasteiger partial charge on any atom is -0.507 e. The maximum Gasteiger partial charge on any atom is 0.253 e. The molecule has 0 atom stereocenters. The minimum atomic E-state index is -0.0351. The zero-order valence-corrected chi connectivity index (χ0v) is 12.7. The van der Waals surface area contributed by atoms with Crippen LogP contribution in [0.25, 0.3) is 11.1 Å². The highest BCUT2D eigenvalue weighted by Gasteiger charge is 2.12. The molecule has 0 fully saturated rings. The van der Waals surface area contributed by atoms with Gasteiger partial charge in [-0.05, 0) is 49.2 Å². The topological polar surface area (TPSA) is 57.6 Å². The number of hydrogen-bond acceptors (Lipinski definition) is 3. The highest BCUT2D eigenvalue weighted by molar-refractivity contribution is 5.94. The summed E-state index contributed by atoms with van der Waals surface area (Å²) in [6.45, 7) is 5.26. The molecule has 0 aromatic heterocycles. The molecule has 0 saturated heterocycles. The van der Waals surface area contributed by atoms with E-state index < -0.39 is 0 Å². The molecule has 0 bridgehead atoms. The number of benzene rings is 2. The molecular weight excluding hydrogens is 278 g/mol. The molecule has 4 heteroatoms. The van der Waals surface area contributed by atoms with E-state index in [4.69, 9.17) is 0 Å². The average Bonchev–Trinajstić information content (AvgIpc) is 2.56. The molecule has 2 aromatic carbocycles. The maximum atomic E-state index is 12.2. The SMILES string of the molecule is CCN(CC)C(=O)c1ccc(-c2ccc(O)c(C=O)c2)cc1. The van der Waals surface area contributed by atoms with Crippen LogP contribution in [-0.2, 0) is 0 Å². The van der Waals surface area contributed by atoms with Crippen molar-refractivity contribution in [2.45, 2.75) is 13.8 Å². The van der Waals surface area contributed by atoms with Crippen molar-refractivity contribution in [1.82, 2.24) is 4.90 Å². The van der Waals surface area contributed by atoms with Gasteiger partial charge in [-0.3, -0.25) is 9.59 Å². The van der Waals surface area contributed by atoms with Crippen molar-refractivity contribution in [2.24, 2.45) is 0 Å². The molecule has 2 rings (SSSR count). The summed E-state index contributed by atoms with van der Waals surface area (Å²) >= 11 is 0. The van der Waals surface area contributed by atoms with Crippen LogP contribution in [0.1, 0.15) is 34.6 Å². The smallest absolute Gasteiger partial charge is 0.253 e. The van der Waals surface area contributed by atoms with E-state index in [1.165, 1.54) is 6.07 Å². The van der Waals surface area contributed by atoms with Crippen LogP contribution in [0.5, 0.6) is 5.75 Å². The van der Waals surface area contributed by atoms with Crippen LogP contribution in [-0.4, -0.2) is 35.3 Å². The number of hydrogen-bond donors (Lipinski definition) is 1. The third kappa shape index (κ3) is 3.17. The van der Waals surface area contributed by atoms with Gasteiger partial charge >= 0.3 is 0 Å². The first-order valence-electron chi connectivity index (χ1n) is 7.28. The molecule has 114 valence electrons. The van der Waals surface area contributed by atoms with Gasteiger partial charge in [0.05, 0.1) is 5.56 Å². The summed E-state index contributed by atoms with van der Waals surface area (Å²) in [5.41, 5.74) is 2.60. The Balaban J connectivity index is 2.29. The van der Waals surface area contributed by atoms with E-state index in [1.807, 2.05) is 26.0 Å². The third-order valence-electron chi connectivity index (χ3n) is 3.67. The number of aldehydes is 1. The quantitative estimate of drug-likeness (QED) is 0.861. The van der Waals surface area contributed by atoms with E-state index in [9.17, 15) is 14.7 Å². The number of phenolic OH excluding ortho intramolecular Hbond substituents is 1. The predicted molar refractivity (Wildman–Crippen MR) is 86.2 cm³/mol. The lowest BCUT2D eigenvalue weighted by atomic mass is 10.0. The van der Waals surface area contributed by atoms with Crippen molar-refractivity contribution in [2.75, 3.05) is 13.1 Å². The first-order chi connectivity index (χ1) is 10.6. The second-order valence-electron chi connectivity index (χ2n) is 4.95. The lowest BCUT2D eigenvalue weighted by Gasteiger charge is -2.18. The van der Waals surface area contributed by atoms with Crippen molar-refractivity contribution in [1.29, 1.82) is 0 Å². The molecule has 1 amide bonds. The van der Waals surface area contributed by atoms with Gasteiger partial charge in [0, 0.05) is 18.7 Å². The Labute approximate surface area is 130 Å². The Hall–Kier alpha value is -2.62. The van der Waals surface area contributed by atoms with Crippen molar-refractivity contribution < 1.29 is 14.7 Å². The van der Waals surface area contributed by atoms with Crippen molar-refractivity contribution >= 4 is 12.2 Å². The van der Waals surface area contributed by atoms with Gasteiger partial charge in [-0.25, -0.2) is 0 Å². The Morgan fingerprint density at radius 2 is 1.64 bits per heavy atom. The standard InChI is InChI=1S/C18H19NO3/c1-3-19(4-2)18(22)14-7-5-13(6-8-14)15-9-10-17(21)16(11-15)12-20/h5-12,21H,3-4H2,1-2H3. The van der Waals surface area contributed by atoms with E-state index in [2.05, 4.69) is 0 Å². The highest BCUT2D eigenvalue weighted by Crippen LogP contribution is 2.25. The summed E-state index contributed by atoms with van der Waals surface area (Å²) in [7, 11) is 0. The summed E-state index contributed by atoms with van der Waals surface area (Å²) in [6, 6.07) is 12.1. The summed E-state index contributed by atoms with van der Waals surface area (Å²) < 4.78 is 0. The first-order valence-corrected chi connectivity index (χ1v) is 7.28. The Morgan fingerprint density at radius 1 is 1.05 bits per heavy atom. The van der Waals surface area contributed by atoms with Crippen LogP contribution in [0.3, 0.4) is 0 Å². The van der Waals surface area contributed by atoms with Gasteiger partial charge in [0.2, 0.25) is 0 Å². The van der Waals surface area contributed by atoms with E-state index in [1.54, 1.807) is 29.2 Å². The lowest BCUT2D eigenvalue weighted by Crippen LogP contribution is -2.30. The van der Waals surface area contributed by atoms with Gasteiger partial charge < -0.3 is 10.0 Å². The molecule has 0 unspecified atom stereocenters. The number of carbonyl (C=O) groups excluding carboxylic acids is 2. The molecule has 2 aromatic rings. The second kappa shape index (κ2) is 6.89. The summed E-state index contributed by atoms with van der Waals surface area (Å²) in [6.07, 6.45) is 0.622. The zero-order valence-electron chi connectivity index (χ0n) is 12.7. The van der Waals surface area contributed by atoms with Gasteiger partial charge in [0.25, 0.3) is 5.91 Å². The third-order valence-corrected chi connectivity index (χ3v) is 3.67. The molecule has 0 aliphatic carbocycles. The van der Waals surface area contributed by atoms with Gasteiger partial charge in [0.1, 0.15) is 5.75 Å². The van der Waals surface area contributed by atoms with Crippen molar-refractivity contribution in [3.8, 4) is 16.9 Å². The highest BCUT2D eigenvalue weighted by atomic mass is 16.3. The van der Waals surface area contributed by atoms with E-state index >= 15 is 0 Å². The van der Waals surface area contributed by atoms with E-state index in [-0.39, 0.29) is 17.2 Å². The van der Waals surface area contributed by atoms with E-state index in [0.717, 1.165) is 11.1 Å². The Kier molecular flexibility index (Phi) is 4.94. The minimum absolute atomic E-state index is 0.0100. The average molecular weight is 297 g/mol. The summed E-state index contributed by atoms with van der Waals surface area (Å²) in [4.78, 5) is 24.9. The second-order valence-corrected chi connectivity index (χ2v) is 4.95. The lowest BCUT2D eigenvalue weighted by molar-refractivity contribution is 0.0773. The normalized spacial score (nSPS) is 10.3. The molecule has 0 saturated carbocycles. The fourth-order valence-electron chi connectivity index (χ4n) is 2.33. The number of rotatable bonds is 5. The summed E-state index contributed by atoms with van der Waals surface area (Å²) in [5.74, 6) is -0.0251. The molecule has 1 N–H and O–H groups in total. The number of phenols is 1. The van der Waals surface area contributed by atoms with Crippen LogP contribution in [0.15, 0.2) is 42.5 Å². The number of aromatic hydroxyl groups is 1. The van der Waals surface area contributed by atoms with Crippen LogP contribution in [0.4, 0.5) is 0 Å². The Bertz CT molecular complexity index is 673. The number of carbonyl (C=O) groups is 2. The number of amides is 1. The fraction of sp³-hybridized carbons (Fsp3) is 0.222. The summed E-state index contributed by atoms with van der Waals surface area (Å²) in [5, 5.41) is 9.53. The van der Waals surface area contributed by atoms with Gasteiger partial charge in [-0.2, -0.15) is 0 Å². The van der Waals surface area contributed by atoms with Crippen LogP contribution >= 0.6 is 0 Å². The molecule has 0 aliphatic heterocycles. The maximum absolute atomic E-state index is 12.2. The molecular formula is C18H19NO3. The van der Waals surface area contributed by atoms with Crippen LogP contribution in [0.2, 0.25) is 0 Å². The molecule has 0 heterocycles. The molecule has 4 nitrogen and oxygen atoms in total. The van der Waals surface area contributed by atoms with Gasteiger partial charge in [-0.1, -0.05) is 18.2 Å².